The molecule has 3 rings (SSSR count). The fraction of sp³-hybridized carbons (Fsp3) is 0.278. The quantitative estimate of drug-likeness (QED) is 0.542. The summed E-state index contributed by atoms with van der Waals surface area (Å²) in [6, 6.07) is 11.9. The highest BCUT2D eigenvalue weighted by atomic mass is 35.5. The number of halogens is 1. The Kier molecular flexibility index (Phi) is 5.97. The first kappa shape index (κ1) is 20.2. The van der Waals surface area contributed by atoms with Crippen LogP contribution in [0.2, 0.25) is 5.02 Å². The van der Waals surface area contributed by atoms with E-state index in [0.29, 0.717) is 10.6 Å². The number of carbonyl (C=O) groups excluding carboxylic acids is 1. The molecule has 10 heteroatoms. The molecule has 2 aromatic rings. The average molecular weight is 424 g/mol. The van der Waals surface area contributed by atoms with Crippen molar-refractivity contribution in [2.45, 2.75) is 11.3 Å². The van der Waals surface area contributed by atoms with Crippen LogP contribution in [0.4, 0.5) is 5.69 Å². The van der Waals surface area contributed by atoms with Crippen molar-refractivity contribution in [1.29, 1.82) is 0 Å². The molecule has 28 heavy (non-hydrogen) atoms. The van der Waals surface area contributed by atoms with Gasteiger partial charge in [-0.15, -0.1) is 0 Å². The number of benzene rings is 2. The van der Waals surface area contributed by atoms with E-state index in [9.17, 15) is 23.3 Å². The van der Waals surface area contributed by atoms with Crippen LogP contribution in [0.5, 0.6) is 0 Å². The second-order valence-electron chi connectivity index (χ2n) is 6.34. The first-order valence-corrected chi connectivity index (χ1v) is 10.4. The Balaban J connectivity index is 1.60. The molecular weight excluding hydrogens is 406 g/mol. The Hall–Kier alpha value is -2.49. The summed E-state index contributed by atoms with van der Waals surface area (Å²) in [4.78, 5) is 24.4. The topological polar surface area (TPSA) is 101 Å². The number of hydrogen-bond acceptors (Lipinski definition) is 5. The molecule has 0 aliphatic carbocycles. The van der Waals surface area contributed by atoms with Gasteiger partial charge in [0, 0.05) is 43.3 Å². The van der Waals surface area contributed by atoms with Crippen molar-refractivity contribution in [1.82, 2.24) is 9.21 Å². The van der Waals surface area contributed by atoms with Gasteiger partial charge in [0.05, 0.1) is 16.2 Å². The van der Waals surface area contributed by atoms with Crippen LogP contribution >= 0.6 is 11.6 Å². The molecule has 148 valence electrons. The van der Waals surface area contributed by atoms with Crippen LogP contribution in [0.1, 0.15) is 5.56 Å². The number of hydrogen-bond donors (Lipinski definition) is 0. The van der Waals surface area contributed by atoms with Crippen molar-refractivity contribution in [3.8, 4) is 0 Å². The van der Waals surface area contributed by atoms with Crippen molar-refractivity contribution < 1.29 is 18.1 Å². The van der Waals surface area contributed by atoms with E-state index in [0.717, 1.165) is 0 Å². The standard InChI is InChI=1S/C18H18ClN3O5S/c19-15-2-1-3-17(13-15)28(26,27)21-10-8-20(9-11-21)18(23)12-14-4-6-16(7-5-14)22(24)25/h1-7,13H,8-12H2. The third-order valence-electron chi connectivity index (χ3n) is 4.53. The summed E-state index contributed by atoms with van der Waals surface area (Å²) in [5, 5.41) is 11.0. The van der Waals surface area contributed by atoms with Crippen LogP contribution < -0.4 is 0 Å². The molecule has 1 heterocycles. The maximum absolute atomic E-state index is 12.7. The molecule has 1 aliphatic rings. The Morgan fingerprint density at radius 3 is 2.29 bits per heavy atom. The van der Waals surface area contributed by atoms with E-state index in [4.69, 9.17) is 11.6 Å². The van der Waals surface area contributed by atoms with Gasteiger partial charge >= 0.3 is 0 Å². The predicted molar refractivity (Wildman–Crippen MR) is 104 cm³/mol. The summed E-state index contributed by atoms with van der Waals surface area (Å²) >= 11 is 5.89. The Morgan fingerprint density at radius 2 is 1.71 bits per heavy atom. The van der Waals surface area contributed by atoms with Crippen LogP contribution in [0.25, 0.3) is 0 Å². The van der Waals surface area contributed by atoms with Gasteiger partial charge in [-0.1, -0.05) is 29.8 Å². The molecule has 0 saturated carbocycles. The third kappa shape index (κ3) is 4.49. The molecular formula is C18H18ClN3O5S. The van der Waals surface area contributed by atoms with E-state index >= 15 is 0 Å². The van der Waals surface area contributed by atoms with Gasteiger partial charge in [-0.05, 0) is 23.8 Å². The summed E-state index contributed by atoms with van der Waals surface area (Å²) in [5.41, 5.74) is 0.639. The fourth-order valence-electron chi connectivity index (χ4n) is 2.98. The fourth-order valence-corrected chi connectivity index (χ4v) is 4.70. The zero-order valence-corrected chi connectivity index (χ0v) is 16.4. The molecule has 0 atom stereocenters. The van der Waals surface area contributed by atoms with Crippen LogP contribution in [-0.2, 0) is 21.2 Å². The lowest BCUT2D eigenvalue weighted by Gasteiger charge is -2.34. The minimum atomic E-state index is -3.66. The van der Waals surface area contributed by atoms with E-state index in [-0.39, 0.29) is 49.1 Å². The summed E-state index contributed by atoms with van der Waals surface area (Å²) in [7, 11) is -3.66. The minimum absolute atomic E-state index is 0.0314. The highest BCUT2D eigenvalue weighted by Crippen LogP contribution is 2.21. The van der Waals surface area contributed by atoms with Crippen molar-refractivity contribution in [3.63, 3.8) is 0 Å². The highest BCUT2D eigenvalue weighted by molar-refractivity contribution is 7.89. The lowest BCUT2D eigenvalue weighted by molar-refractivity contribution is -0.384. The molecule has 0 radical (unpaired) electrons. The number of nitro groups is 1. The van der Waals surface area contributed by atoms with Crippen molar-refractivity contribution in [2.75, 3.05) is 26.2 Å². The molecule has 0 aromatic heterocycles. The molecule has 1 saturated heterocycles. The highest BCUT2D eigenvalue weighted by Gasteiger charge is 2.30. The predicted octanol–water partition coefficient (Wildman–Crippen LogP) is 2.32. The SMILES string of the molecule is O=C(Cc1ccc([N+](=O)[O-])cc1)N1CCN(S(=O)(=O)c2cccc(Cl)c2)CC1. The lowest BCUT2D eigenvalue weighted by Crippen LogP contribution is -2.50. The Labute approximate surface area is 167 Å². The molecule has 0 unspecified atom stereocenters. The molecule has 1 amide bonds. The molecule has 1 aliphatic heterocycles. The van der Waals surface area contributed by atoms with E-state index in [1.54, 1.807) is 29.2 Å². The molecule has 2 aromatic carbocycles. The van der Waals surface area contributed by atoms with Gasteiger partial charge in [0.25, 0.3) is 5.69 Å². The van der Waals surface area contributed by atoms with Crippen LogP contribution in [0, 0.1) is 10.1 Å². The van der Waals surface area contributed by atoms with Gasteiger partial charge in [0.1, 0.15) is 0 Å². The maximum Gasteiger partial charge on any atom is 0.269 e. The number of nitrogens with zero attached hydrogens (tertiary/aromatic N) is 3. The van der Waals surface area contributed by atoms with E-state index in [2.05, 4.69) is 0 Å². The largest absolute Gasteiger partial charge is 0.340 e. The van der Waals surface area contributed by atoms with Crippen molar-refractivity contribution in [2.24, 2.45) is 0 Å². The smallest absolute Gasteiger partial charge is 0.269 e. The summed E-state index contributed by atoms with van der Waals surface area (Å²) < 4.78 is 26.7. The summed E-state index contributed by atoms with van der Waals surface area (Å²) in [6.07, 6.45) is 0.110. The Morgan fingerprint density at radius 1 is 1.07 bits per heavy atom. The number of amides is 1. The monoisotopic (exact) mass is 423 g/mol. The van der Waals surface area contributed by atoms with E-state index < -0.39 is 14.9 Å². The van der Waals surface area contributed by atoms with Gasteiger partial charge in [-0.3, -0.25) is 14.9 Å². The number of piperazine rings is 1. The van der Waals surface area contributed by atoms with Gasteiger partial charge in [0.2, 0.25) is 15.9 Å². The summed E-state index contributed by atoms with van der Waals surface area (Å²) in [6.45, 7) is 0.957. The number of nitro benzene ring substituents is 1. The average Bonchev–Trinajstić information content (AvgIpc) is 2.68. The number of non-ortho nitro benzene ring substituents is 1. The van der Waals surface area contributed by atoms with Crippen molar-refractivity contribution in [3.05, 3.63) is 69.2 Å². The van der Waals surface area contributed by atoms with E-state index in [1.807, 2.05) is 0 Å². The van der Waals surface area contributed by atoms with Gasteiger partial charge < -0.3 is 4.90 Å². The normalized spacial score (nSPS) is 15.4. The second kappa shape index (κ2) is 8.26. The third-order valence-corrected chi connectivity index (χ3v) is 6.66. The number of carbonyl (C=O) groups is 1. The van der Waals surface area contributed by atoms with Crippen LogP contribution in [-0.4, -0.2) is 54.6 Å². The number of sulfonamides is 1. The lowest BCUT2D eigenvalue weighted by atomic mass is 10.1. The molecule has 0 spiro atoms. The summed E-state index contributed by atoms with van der Waals surface area (Å²) in [5.74, 6) is -0.145. The van der Waals surface area contributed by atoms with Crippen molar-refractivity contribution >= 4 is 33.2 Å². The first-order chi connectivity index (χ1) is 13.3. The molecule has 8 nitrogen and oxygen atoms in total. The molecule has 1 fully saturated rings. The molecule has 0 bridgehead atoms. The maximum atomic E-state index is 12.7. The van der Waals surface area contributed by atoms with Gasteiger partial charge in [0.15, 0.2) is 0 Å². The van der Waals surface area contributed by atoms with Crippen LogP contribution in [0.3, 0.4) is 0 Å². The van der Waals surface area contributed by atoms with Crippen LogP contribution in [0.15, 0.2) is 53.4 Å². The zero-order valence-electron chi connectivity index (χ0n) is 14.8. The first-order valence-electron chi connectivity index (χ1n) is 8.54. The molecule has 0 N–H and O–H groups in total. The zero-order chi connectivity index (χ0) is 20.3. The van der Waals surface area contributed by atoms with Gasteiger partial charge in [-0.2, -0.15) is 4.31 Å². The second-order valence-corrected chi connectivity index (χ2v) is 8.72. The minimum Gasteiger partial charge on any atom is -0.340 e. The Bertz CT molecular complexity index is 987. The van der Waals surface area contributed by atoms with Gasteiger partial charge in [-0.25, -0.2) is 8.42 Å². The number of rotatable bonds is 5. The van der Waals surface area contributed by atoms with E-state index in [1.165, 1.54) is 28.6 Å².